The van der Waals surface area contributed by atoms with E-state index in [4.69, 9.17) is 5.73 Å². The van der Waals surface area contributed by atoms with Crippen LogP contribution >= 0.6 is 12.4 Å². The van der Waals surface area contributed by atoms with Crippen LogP contribution in [0, 0.1) is 0 Å². The van der Waals surface area contributed by atoms with Crippen molar-refractivity contribution in [2.45, 2.75) is 24.9 Å². The van der Waals surface area contributed by atoms with Gasteiger partial charge in [-0.2, -0.15) is 0 Å². The van der Waals surface area contributed by atoms with Gasteiger partial charge >= 0.3 is 0 Å². The molecule has 0 fully saturated rings. The molecule has 0 aliphatic heterocycles. The Morgan fingerprint density at radius 3 is 2.83 bits per heavy atom. The van der Waals surface area contributed by atoms with Crippen molar-refractivity contribution in [3.8, 4) is 0 Å². The molecule has 1 aromatic rings. The number of rotatable bonds is 4. The first-order valence-corrected chi connectivity index (χ1v) is 5.85. The Bertz CT molecular complexity index is 425. The van der Waals surface area contributed by atoms with E-state index in [1.807, 2.05) is 24.1 Å². The summed E-state index contributed by atoms with van der Waals surface area (Å²) in [5.74, 6) is -0.473. The van der Waals surface area contributed by atoms with Crippen molar-refractivity contribution in [2.24, 2.45) is 5.73 Å². The third kappa shape index (κ3) is 2.66. The molecule has 0 radical (unpaired) electrons. The molecule has 1 amide bonds. The summed E-state index contributed by atoms with van der Waals surface area (Å²) in [7, 11) is 1.85. The predicted octanol–water partition coefficient (Wildman–Crippen LogP) is 0.874. The highest BCUT2D eigenvalue weighted by Gasteiger charge is 2.31. The van der Waals surface area contributed by atoms with E-state index >= 15 is 0 Å². The molecule has 1 aliphatic carbocycles. The molecule has 0 bridgehead atoms. The zero-order valence-electron chi connectivity index (χ0n) is 10.4. The van der Waals surface area contributed by atoms with E-state index in [0.29, 0.717) is 0 Å². The molecule has 1 aliphatic rings. The smallest absolute Gasteiger partial charge is 0.237 e. The normalized spacial score (nSPS) is 19.2. The first-order chi connectivity index (χ1) is 8.15. The Morgan fingerprint density at radius 2 is 2.22 bits per heavy atom. The van der Waals surface area contributed by atoms with E-state index in [1.54, 1.807) is 0 Å². The molecule has 100 valence electrons. The number of hydrogen-bond acceptors (Lipinski definition) is 3. The Hall–Kier alpha value is -1.10. The third-order valence-electron chi connectivity index (χ3n) is 3.59. The predicted molar refractivity (Wildman–Crippen MR) is 72.6 cm³/mol. The molecular formula is C13H19ClN2O2. The topological polar surface area (TPSA) is 66.6 Å². The molecule has 4 nitrogen and oxygen atoms in total. The number of benzene rings is 1. The second-order valence-electron chi connectivity index (χ2n) is 4.52. The molecule has 0 saturated carbocycles. The molecule has 0 aromatic heterocycles. The maximum Gasteiger partial charge on any atom is 0.237 e. The number of aliphatic hydroxyl groups is 1. The maximum absolute atomic E-state index is 11.3. The van der Waals surface area contributed by atoms with Crippen molar-refractivity contribution < 1.29 is 9.90 Å². The summed E-state index contributed by atoms with van der Waals surface area (Å²) in [6, 6.07) is 7.80. The minimum absolute atomic E-state index is 0. The Kier molecular flexibility index (Phi) is 5.14. The summed E-state index contributed by atoms with van der Waals surface area (Å²) in [4.78, 5) is 13.1. The standard InChI is InChI=1S/C13H18N2O2.ClH/c1-15(12(8-16)13(14)17)11-7-6-9-4-2-3-5-10(9)11;/h2-5,11-12,16H,6-8H2,1H3,(H2,14,17);1H. The monoisotopic (exact) mass is 270 g/mol. The molecule has 5 heteroatoms. The van der Waals surface area contributed by atoms with Crippen molar-refractivity contribution in [1.29, 1.82) is 0 Å². The molecule has 2 unspecified atom stereocenters. The van der Waals surface area contributed by atoms with Crippen molar-refractivity contribution in [1.82, 2.24) is 4.90 Å². The van der Waals surface area contributed by atoms with Crippen LogP contribution in [0.2, 0.25) is 0 Å². The van der Waals surface area contributed by atoms with Crippen molar-refractivity contribution >= 4 is 18.3 Å². The molecule has 0 heterocycles. The van der Waals surface area contributed by atoms with E-state index in [-0.39, 0.29) is 25.1 Å². The fraction of sp³-hybridized carbons (Fsp3) is 0.462. The minimum Gasteiger partial charge on any atom is -0.394 e. The number of hydrogen-bond donors (Lipinski definition) is 2. The van der Waals surface area contributed by atoms with Crippen LogP contribution in [-0.4, -0.2) is 35.6 Å². The summed E-state index contributed by atoms with van der Waals surface area (Å²) < 4.78 is 0. The largest absolute Gasteiger partial charge is 0.394 e. The quantitative estimate of drug-likeness (QED) is 0.853. The fourth-order valence-electron chi connectivity index (χ4n) is 2.59. The second kappa shape index (κ2) is 6.18. The van der Waals surface area contributed by atoms with E-state index in [0.717, 1.165) is 12.8 Å². The molecule has 1 aromatic carbocycles. The second-order valence-corrected chi connectivity index (χ2v) is 4.52. The van der Waals surface area contributed by atoms with Crippen molar-refractivity contribution in [2.75, 3.05) is 13.7 Å². The van der Waals surface area contributed by atoms with Gasteiger partial charge < -0.3 is 10.8 Å². The van der Waals surface area contributed by atoms with Crippen LogP contribution < -0.4 is 5.73 Å². The van der Waals surface area contributed by atoms with Crippen molar-refractivity contribution in [3.63, 3.8) is 0 Å². The zero-order chi connectivity index (χ0) is 12.4. The van der Waals surface area contributed by atoms with E-state index < -0.39 is 11.9 Å². The molecular weight excluding hydrogens is 252 g/mol. The number of carbonyl (C=O) groups is 1. The number of aryl methyl sites for hydroxylation is 1. The first-order valence-electron chi connectivity index (χ1n) is 5.85. The molecule has 2 atom stereocenters. The Morgan fingerprint density at radius 1 is 1.56 bits per heavy atom. The van der Waals surface area contributed by atoms with Crippen molar-refractivity contribution in [3.05, 3.63) is 35.4 Å². The number of aliphatic hydroxyl groups excluding tert-OH is 1. The number of carbonyl (C=O) groups excluding carboxylic acids is 1. The van der Waals surface area contributed by atoms with E-state index in [1.165, 1.54) is 11.1 Å². The van der Waals surface area contributed by atoms with Gasteiger partial charge in [0.25, 0.3) is 0 Å². The van der Waals surface area contributed by atoms with E-state index in [2.05, 4.69) is 12.1 Å². The summed E-state index contributed by atoms with van der Waals surface area (Å²) >= 11 is 0. The summed E-state index contributed by atoms with van der Waals surface area (Å²) in [5.41, 5.74) is 7.86. The van der Waals surface area contributed by atoms with Crippen LogP contribution in [0.5, 0.6) is 0 Å². The number of likely N-dealkylation sites (N-methyl/N-ethyl adjacent to an activating group) is 1. The number of nitrogens with zero attached hydrogens (tertiary/aromatic N) is 1. The highest BCUT2D eigenvalue weighted by Crippen LogP contribution is 2.35. The van der Waals surface area contributed by atoms with E-state index in [9.17, 15) is 9.90 Å². The lowest BCUT2D eigenvalue weighted by atomic mass is 10.1. The van der Waals surface area contributed by atoms with Crippen LogP contribution in [0.25, 0.3) is 0 Å². The van der Waals surface area contributed by atoms with Crippen LogP contribution in [0.4, 0.5) is 0 Å². The number of nitrogens with two attached hydrogens (primary N) is 1. The average molecular weight is 271 g/mol. The number of fused-ring (bicyclic) bond motifs is 1. The van der Waals surface area contributed by atoms with Gasteiger partial charge in [0, 0.05) is 6.04 Å². The first kappa shape index (κ1) is 15.0. The fourth-order valence-corrected chi connectivity index (χ4v) is 2.59. The van der Waals surface area contributed by atoms with Gasteiger partial charge in [-0.3, -0.25) is 9.69 Å². The van der Waals surface area contributed by atoms with Crippen LogP contribution in [0.3, 0.4) is 0 Å². The lowest BCUT2D eigenvalue weighted by Crippen LogP contribution is -2.46. The lowest BCUT2D eigenvalue weighted by molar-refractivity contribution is -0.125. The lowest BCUT2D eigenvalue weighted by Gasteiger charge is -2.30. The number of halogens is 1. The van der Waals surface area contributed by atoms with Gasteiger partial charge in [0.1, 0.15) is 6.04 Å². The molecule has 0 spiro atoms. The van der Waals surface area contributed by atoms with Gasteiger partial charge in [0.15, 0.2) is 0 Å². The number of amides is 1. The van der Waals surface area contributed by atoms with Gasteiger partial charge in [-0.15, -0.1) is 12.4 Å². The maximum atomic E-state index is 11.3. The third-order valence-corrected chi connectivity index (χ3v) is 3.59. The van der Waals surface area contributed by atoms with Gasteiger partial charge in [0.05, 0.1) is 6.61 Å². The van der Waals surface area contributed by atoms with Crippen LogP contribution in [0.15, 0.2) is 24.3 Å². The Labute approximate surface area is 113 Å². The molecule has 18 heavy (non-hydrogen) atoms. The highest BCUT2D eigenvalue weighted by molar-refractivity contribution is 5.85. The average Bonchev–Trinajstić information content (AvgIpc) is 2.72. The molecule has 2 rings (SSSR count). The number of primary amides is 1. The summed E-state index contributed by atoms with van der Waals surface area (Å²) in [6.45, 7) is -0.232. The minimum atomic E-state index is -0.605. The molecule has 0 saturated heterocycles. The Balaban J connectivity index is 0.00000162. The SMILES string of the molecule is CN(C(CO)C(N)=O)C1CCc2ccccc21.Cl. The van der Waals surface area contributed by atoms with Gasteiger partial charge in [0.2, 0.25) is 5.91 Å². The van der Waals surface area contributed by atoms with Crippen LogP contribution in [0.1, 0.15) is 23.6 Å². The van der Waals surface area contributed by atoms with Gasteiger partial charge in [-0.25, -0.2) is 0 Å². The summed E-state index contributed by atoms with van der Waals surface area (Å²) in [6.07, 6.45) is 1.99. The van der Waals surface area contributed by atoms with Gasteiger partial charge in [-0.1, -0.05) is 24.3 Å². The molecule has 3 N–H and O–H groups in total. The van der Waals surface area contributed by atoms with Crippen LogP contribution in [-0.2, 0) is 11.2 Å². The van der Waals surface area contributed by atoms with Gasteiger partial charge in [-0.05, 0) is 31.0 Å². The zero-order valence-corrected chi connectivity index (χ0v) is 11.2. The summed E-state index contributed by atoms with van der Waals surface area (Å²) in [5, 5.41) is 9.23. The highest BCUT2D eigenvalue weighted by atomic mass is 35.5.